The van der Waals surface area contributed by atoms with E-state index >= 15 is 0 Å². The second-order valence-electron chi connectivity index (χ2n) is 6.78. The van der Waals surface area contributed by atoms with Crippen LogP contribution >= 0.6 is 22.9 Å². The van der Waals surface area contributed by atoms with Crippen molar-refractivity contribution in [3.63, 3.8) is 0 Å². The van der Waals surface area contributed by atoms with E-state index in [0.29, 0.717) is 6.54 Å². The van der Waals surface area contributed by atoms with E-state index < -0.39 is 16.4 Å². The molecule has 1 atom stereocenters. The number of aliphatic imine (C=N–C) groups is 1. The van der Waals surface area contributed by atoms with Crippen LogP contribution in [0.3, 0.4) is 0 Å². The van der Waals surface area contributed by atoms with Crippen LogP contribution in [0.25, 0.3) is 0 Å². The van der Waals surface area contributed by atoms with E-state index in [0.717, 1.165) is 32.2 Å². The van der Waals surface area contributed by atoms with Crippen LogP contribution in [-0.4, -0.2) is 50.9 Å². The number of thiophene rings is 1. The van der Waals surface area contributed by atoms with Crippen molar-refractivity contribution >= 4 is 34.8 Å². The number of benzene rings is 1. The van der Waals surface area contributed by atoms with Gasteiger partial charge in [-0.25, -0.2) is 0 Å². The monoisotopic (exact) mass is 409 g/mol. The van der Waals surface area contributed by atoms with Crippen molar-refractivity contribution in [1.29, 1.82) is 0 Å². The van der Waals surface area contributed by atoms with Crippen molar-refractivity contribution in [2.45, 2.75) is 6.04 Å². The molecule has 27 heavy (non-hydrogen) atoms. The predicted molar refractivity (Wildman–Crippen MR) is 104 cm³/mol. The summed E-state index contributed by atoms with van der Waals surface area (Å²) in [6.07, 6.45) is 1.42. The average Bonchev–Trinajstić information content (AvgIpc) is 3.16. The molecule has 0 unspecified atom stereocenters. The van der Waals surface area contributed by atoms with Crippen LogP contribution in [0.4, 0.5) is 5.69 Å². The Bertz CT molecular complexity index is 820. The van der Waals surface area contributed by atoms with Crippen LogP contribution < -0.4 is 14.9 Å². The Labute approximate surface area is 166 Å². The molecule has 2 N–H and O–H groups in total. The lowest BCUT2D eigenvalue weighted by Crippen LogP contribution is -3.27. The summed E-state index contributed by atoms with van der Waals surface area (Å²) >= 11 is 7.62. The van der Waals surface area contributed by atoms with E-state index in [2.05, 4.69) is 23.5 Å². The molecule has 144 valence electrons. The molecular formula is C18H22ClN4O3S+. The van der Waals surface area contributed by atoms with Crippen molar-refractivity contribution < 1.29 is 19.8 Å². The molecule has 0 aliphatic carbocycles. The van der Waals surface area contributed by atoms with Gasteiger partial charge < -0.3 is 14.9 Å². The Morgan fingerprint density at radius 2 is 2.11 bits per heavy atom. The topological polar surface area (TPSA) is 87.4 Å². The van der Waals surface area contributed by atoms with E-state index in [1.54, 1.807) is 11.3 Å². The summed E-state index contributed by atoms with van der Waals surface area (Å²) in [5.41, 5.74) is -0.372. The summed E-state index contributed by atoms with van der Waals surface area (Å²) in [5.74, 6) is -0.656. The lowest BCUT2D eigenvalue weighted by molar-refractivity contribution is -1.02. The number of nitro benzene ring substituents is 1. The zero-order valence-corrected chi connectivity index (χ0v) is 16.6. The second-order valence-corrected chi connectivity index (χ2v) is 8.19. The number of halogens is 1. The fourth-order valence-electron chi connectivity index (χ4n) is 3.34. The van der Waals surface area contributed by atoms with E-state index in [1.165, 1.54) is 27.0 Å². The number of rotatable bonds is 6. The van der Waals surface area contributed by atoms with Gasteiger partial charge in [0.05, 0.1) is 23.4 Å². The number of hydrogen-bond acceptors (Lipinski definition) is 5. The Morgan fingerprint density at radius 3 is 2.74 bits per heavy atom. The molecule has 0 radical (unpaired) electrons. The van der Waals surface area contributed by atoms with Gasteiger partial charge in [-0.15, -0.1) is 11.3 Å². The van der Waals surface area contributed by atoms with Crippen molar-refractivity contribution in [2.24, 2.45) is 4.99 Å². The Morgan fingerprint density at radius 1 is 1.37 bits per heavy atom. The Kier molecular flexibility index (Phi) is 6.43. The normalized spacial score (nSPS) is 21.4. The number of likely N-dealkylation sites (N-methyl/N-ethyl adjacent to an activating group) is 1. The van der Waals surface area contributed by atoms with Gasteiger partial charge in [0.15, 0.2) is 0 Å². The molecule has 2 heterocycles. The van der Waals surface area contributed by atoms with Crippen LogP contribution in [0.5, 0.6) is 5.75 Å². The quantitative estimate of drug-likeness (QED) is 0.398. The highest BCUT2D eigenvalue weighted by molar-refractivity contribution is 7.10. The largest absolute Gasteiger partial charge is 0.867 e. The molecule has 2 aromatic rings. The molecular weight excluding hydrogens is 388 g/mol. The molecule has 1 aliphatic heterocycles. The highest BCUT2D eigenvalue weighted by atomic mass is 35.5. The third-order valence-electron chi connectivity index (χ3n) is 4.90. The molecule has 1 saturated heterocycles. The molecule has 9 heteroatoms. The molecule has 1 fully saturated rings. The molecule has 7 nitrogen and oxygen atoms in total. The highest BCUT2D eigenvalue weighted by Crippen LogP contribution is 2.30. The standard InChI is InChI=1S/C18H21ClN4O3S/c1-21-4-6-22(7-5-21)16(17-3-2-8-27-17)12-20-11-13-9-14(19)10-15(18(13)24)23(25)26/h2-3,8-11,16,24H,4-7,12H2,1H3/p+1/t16-/m1/s1. The maximum Gasteiger partial charge on any atom is 0.263 e. The summed E-state index contributed by atoms with van der Waals surface area (Å²) in [6, 6.07) is 6.87. The van der Waals surface area contributed by atoms with Gasteiger partial charge in [-0.2, -0.15) is 0 Å². The van der Waals surface area contributed by atoms with Crippen molar-refractivity contribution in [1.82, 2.24) is 0 Å². The molecule has 0 spiro atoms. The number of nitro groups is 1. The molecule has 1 aromatic carbocycles. The molecule has 0 saturated carbocycles. The van der Waals surface area contributed by atoms with Gasteiger partial charge in [-0.3, -0.25) is 15.1 Å². The predicted octanol–water partition coefficient (Wildman–Crippen LogP) is -0.0433. The van der Waals surface area contributed by atoms with Crippen molar-refractivity contribution in [3.05, 3.63) is 55.2 Å². The van der Waals surface area contributed by atoms with Gasteiger partial charge in [0.1, 0.15) is 32.2 Å². The lowest BCUT2D eigenvalue weighted by atomic mass is 10.1. The second kappa shape index (κ2) is 8.79. The lowest BCUT2D eigenvalue weighted by Gasteiger charge is -2.32. The molecule has 3 rings (SSSR count). The number of quaternary nitrogens is 2. The Balaban J connectivity index is 1.79. The third-order valence-corrected chi connectivity index (χ3v) is 6.11. The summed E-state index contributed by atoms with van der Waals surface area (Å²) in [4.78, 5) is 19.0. The minimum absolute atomic E-state index is 0.150. The van der Waals surface area contributed by atoms with Gasteiger partial charge in [0.2, 0.25) is 0 Å². The third kappa shape index (κ3) is 4.84. The summed E-state index contributed by atoms with van der Waals surface area (Å²) in [5, 5.41) is 25.4. The van der Waals surface area contributed by atoms with Crippen molar-refractivity contribution in [2.75, 3.05) is 39.8 Å². The van der Waals surface area contributed by atoms with Gasteiger partial charge in [0, 0.05) is 17.3 Å². The molecule has 0 bridgehead atoms. The first-order valence-electron chi connectivity index (χ1n) is 8.79. The van der Waals surface area contributed by atoms with Gasteiger partial charge in [-0.1, -0.05) is 17.7 Å². The zero-order chi connectivity index (χ0) is 19.4. The van der Waals surface area contributed by atoms with Crippen LogP contribution in [0, 0.1) is 10.1 Å². The van der Waals surface area contributed by atoms with Crippen LogP contribution in [0.15, 0.2) is 34.6 Å². The minimum atomic E-state index is -0.712. The number of nitrogens with zero attached hydrogens (tertiary/aromatic N) is 2. The SMILES string of the molecule is C[NH+]1CC[NH+]([C@H](CN=Cc2cc(Cl)cc([N+](=O)[O-])c2[O-])c2cccs2)CC1. The number of hydrogen-bond donors (Lipinski definition) is 2. The fourth-order valence-corrected chi connectivity index (χ4v) is 4.44. The summed E-state index contributed by atoms with van der Waals surface area (Å²) in [6.45, 7) is 4.89. The smallest absolute Gasteiger partial charge is 0.263 e. The Hall–Kier alpha value is -2.00. The maximum absolute atomic E-state index is 12.2. The van der Waals surface area contributed by atoms with Gasteiger partial charge in [0.25, 0.3) is 5.69 Å². The van der Waals surface area contributed by atoms with Gasteiger partial charge >= 0.3 is 0 Å². The highest BCUT2D eigenvalue weighted by Gasteiger charge is 2.29. The van der Waals surface area contributed by atoms with E-state index in [9.17, 15) is 15.2 Å². The van der Waals surface area contributed by atoms with Crippen LogP contribution in [-0.2, 0) is 0 Å². The first-order chi connectivity index (χ1) is 13.0. The summed E-state index contributed by atoms with van der Waals surface area (Å²) < 4.78 is 0. The van der Waals surface area contributed by atoms with E-state index in [4.69, 9.17) is 11.6 Å². The minimum Gasteiger partial charge on any atom is -0.867 e. The van der Waals surface area contributed by atoms with Crippen LogP contribution in [0.2, 0.25) is 5.02 Å². The molecule has 1 aromatic heterocycles. The molecule has 0 amide bonds. The zero-order valence-electron chi connectivity index (χ0n) is 15.0. The van der Waals surface area contributed by atoms with Crippen molar-refractivity contribution in [3.8, 4) is 5.75 Å². The number of nitrogens with one attached hydrogen (secondary N) is 2. The summed E-state index contributed by atoms with van der Waals surface area (Å²) in [7, 11) is 2.21. The molecule has 1 aliphatic rings. The van der Waals surface area contributed by atoms with Crippen LogP contribution in [0.1, 0.15) is 16.5 Å². The first kappa shape index (κ1) is 19.8. The maximum atomic E-state index is 12.2. The fraction of sp³-hybridized carbons (Fsp3) is 0.389. The number of piperazine rings is 1. The van der Waals surface area contributed by atoms with E-state index in [-0.39, 0.29) is 16.6 Å². The van der Waals surface area contributed by atoms with E-state index in [1.807, 2.05) is 6.07 Å². The van der Waals surface area contributed by atoms with Gasteiger partial charge in [-0.05, 0) is 28.8 Å². The first-order valence-corrected chi connectivity index (χ1v) is 10.1. The average molecular weight is 410 g/mol.